The number of benzene rings is 1. The Labute approximate surface area is 187 Å². The molecular weight excluding hydrogens is 409 g/mol. The summed E-state index contributed by atoms with van der Waals surface area (Å²) < 4.78 is 26.3. The Hall–Kier alpha value is -2.87. The van der Waals surface area contributed by atoms with Crippen LogP contribution >= 0.6 is 0 Å². The van der Waals surface area contributed by atoms with E-state index >= 15 is 0 Å². The minimum absolute atomic E-state index is 0.119. The van der Waals surface area contributed by atoms with Gasteiger partial charge in [-0.3, -0.25) is 4.98 Å². The van der Waals surface area contributed by atoms with Crippen LogP contribution in [0.15, 0.2) is 30.9 Å². The Morgan fingerprint density at radius 2 is 1.81 bits per heavy atom. The molecule has 7 nitrogen and oxygen atoms in total. The smallest absolute Gasteiger partial charge is 0.165 e. The molecule has 8 heteroatoms. The molecule has 0 amide bonds. The lowest BCUT2D eigenvalue weighted by Gasteiger charge is -2.31. The molecule has 1 saturated carbocycles. The first-order valence-corrected chi connectivity index (χ1v) is 11.4. The largest absolute Gasteiger partial charge is 0.488 e. The summed E-state index contributed by atoms with van der Waals surface area (Å²) in [6.45, 7) is 4.85. The van der Waals surface area contributed by atoms with Crippen molar-refractivity contribution in [1.29, 1.82) is 0 Å². The Kier molecular flexibility index (Phi) is 6.12. The first-order valence-electron chi connectivity index (χ1n) is 11.4. The van der Waals surface area contributed by atoms with Gasteiger partial charge in [-0.05, 0) is 51.0 Å². The number of aromatic nitrogens is 4. The molecule has 1 saturated heterocycles. The fourth-order valence-electron chi connectivity index (χ4n) is 4.68. The van der Waals surface area contributed by atoms with E-state index in [2.05, 4.69) is 37.0 Å². The molecule has 32 heavy (non-hydrogen) atoms. The molecule has 0 bridgehead atoms. The summed E-state index contributed by atoms with van der Waals surface area (Å²) in [5.74, 6) is 0.934. The highest BCUT2D eigenvalue weighted by Crippen LogP contribution is 2.34. The molecule has 2 fully saturated rings. The van der Waals surface area contributed by atoms with Crippen LogP contribution in [0, 0.1) is 18.7 Å². The number of hydrogen-bond acceptors (Lipinski definition) is 7. The number of aryl methyl sites for hydroxylation is 1. The third-order valence-electron chi connectivity index (χ3n) is 6.51. The minimum atomic E-state index is -0.268. The number of anilines is 1. The number of hydrogen-bond donors (Lipinski definition) is 0. The average Bonchev–Trinajstić information content (AvgIpc) is 2.84. The highest BCUT2D eigenvalue weighted by atomic mass is 19.1. The van der Waals surface area contributed by atoms with Crippen molar-refractivity contribution in [3.63, 3.8) is 0 Å². The molecule has 1 aliphatic heterocycles. The Morgan fingerprint density at radius 3 is 2.62 bits per heavy atom. The molecule has 0 atom stereocenters. The first-order chi connectivity index (χ1) is 15.7. The molecule has 2 aliphatic rings. The maximum Gasteiger partial charge on any atom is 0.165 e. The van der Waals surface area contributed by atoms with Gasteiger partial charge in [-0.1, -0.05) is 0 Å². The third-order valence-corrected chi connectivity index (χ3v) is 6.51. The standard InChI is InChI=1S/C24H28FN5O2/c1-16-23(25)20(29-15-28-16)12-17-2-4-19(5-3-17)32-22-14-18(30-8-10-31-11-9-30)13-21-24(22)27-7-6-26-21/h6-7,13-15,17,19H,2-5,8-12H2,1H3. The van der Waals surface area contributed by atoms with E-state index < -0.39 is 0 Å². The minimum Gasteiger partial charge on any atom is -0.488 e. The highest BCUT2D eigenvalue weighted by Gasteiger charge is 2.25. The number of halogens is 1. The zero-order valence-electron chi connectivity index (χ0n) is 18.3. The van der Waals surface area contributed by atoms with Gasteiger partial charge in [-0.25, -0.2) is 19.3 Å². The van der Waals surface area contributed by atoms with Crippen molar-refractivity contribution in [1.82, 2.24) is 19.9 Å². The lowest BCUT2D eigenvalue weighted by atomic mass is 9.84. The van der Waals surface area contributed by atoms with E-state index in [0.717, 1.165) is 74.5 Å². The van der Waals surface area contributed by atoms with Crippen molar-refractivity contribution in [3.05, 3.63) is 48.1 Å². The molecule has 2 aromatic heterocycles. The number of rotatable bonds is 5. The molecule has 3 heterocycles. The van der Waals surface area contributed by atoms with Crippen molar-refractivity contribution in [3.8, 4) is 5.75 Å². The van der Waals surface area contributed by atoms with Crippen molar-refractivity contribution in [2.45, 2.75) is 45.1 Å². The van der Waals surface area contributed by atoms with E-state index in [1.807, 2.05) is 0 Å². The van der Waals surface area contributed by atoms with Crippen molar-refractivity contribution < 1.29 is 13.9 Å². The summed E-state index contributed by atoms with van der Waals surface area (Å²) >= 11 is 0. The van der Waals surface area contributed by atoms with Gasteiger partial charge in [0.2, 0.25) is 0 Å². The van der Waals surface area contributed by atoms with E-state index in [4.69, 9.17) is 9.47 Å². The van der Waals surface area contributed by atoms with Crippen LogP contribution in [0.4, 0.5) is 10.1 Å². The van der Waals surface area contributed by atoms with E-state index in [9.17, 15) is 4.39 Å². The number of morpholine rings is 1. The first kappa shape index (κ1) is 21.0. The molecular formula is C24H28FN5O2. The normalized spacial score (nSPS) is 21.6. The molecule has 1 aromatic carbocycles. The van der Waals surface area contributed by atoms with E-state index in [-0.39, 0.29) is 11.9 Å². The van der Waals surface area contributed by atoms with Crippen LogP contribution in [0.5, 0.6) is 5.75 Å². The fraction of sp³-hybridized carbons (Fsp3) is 0.500. The molecule has 3 aromatic rings. The molecule has 0 spiro atoms. The van der Waals surface area contributed by atoms with Crippen LogP contribution in [-0.2, 0) is 11.2 Å². The summed E-state index contributed by atoms with van der Waals surface area (Å²) in [5, 5.41) is 0. The summed E-state index contributed by atoms with van der Waals surface area (Å²) in [7, 11) is 0. The Balaban J connectivity index is 1.28. The lowest BCUT2D eigenvalue weighted by molar-refractivity contribution is 0.122. The van der Waals surface area contributed by atoms with Crippen LogP contribution in [-0.4, -0.2) is 52.3 Å². The van der Waals surface area contributed by atoms with Gasteiger partial charge in [0.15, 0.2) is 5.82 Å². The Morgan fingerprint density at radius 1 is 1.03 bits per heavy atom. The van der Waals surface area contributed by atoms with Gasteiger partial charge in [-0.15, -0.1) is 0 Å². The van der Waals surface area contributed by atoms with E-state index in [1.165, 1.54) is 6.33 Å². The molecule has 168 valence electrons. The predicted octanol–water partition coefficient (Wildman–Crippen LogP) is 3.88. The van der Waals surface area contributed by atoms with Gasteiger partial charge in [-0.2, -0.15) is 0 Å². The van der Waals surface area contributed by atoms with Crippen molar-refractivity contribution in [2.24, 2.45) is 5.92 Å². The average molecular weight is 438 g/mol. The van der Waals surface area contributed by atoms with E-state index in [0.29, 0.717) is 23.7 Å². The number of nitrogens with zero attached hydrogens (tertiary/aromatic N) is 5. The van der Waals surface area contributed by atoms with Gasteiger partial charge in [0.1, 0.15) is 17.6 Å². The van der Waals surface area contributed by atoms with Gasteiger partial charge in [0, 0.05) is 37.2 Å². The van der Waals surface area contributed by atoms with Gasteiger partial charge in [0.05, 0.1) is 36.2 Å². The summed E-state index contributed by atoms with van der Waals surface area (Å²) in [5.41, 5.74) is 3.68. The Bertz CT molecular complexity index is 1080. The van der Waals surface area contributed by atoms with Crippen LogP contribution in [0.2, 0.25) is 0 Å². The second-order valence-electron chi connectivity index (χ2n) is 8.65. The van der Waals surface area contributed by atoms with Crippen molar-refractivity contribution >= 4 is 16.7 Å². The quantitative estimate of drug-likeness (QED) is 0.600. The predicted molar refractivity (Wildman–Crippen MR) is 119 cm³/mol. The molecule has 5 rings (SSSR count). The zero-order valence-corrected chi connectivity index (χ0v) is 18.3. The molecule has 0 unspecified atom stereocenters. The molecule has 1 aliphatic carbocycles. The monoisotopic (exact) mass is 437 g/mol. The molecule has 0 N–H and O–H groups in total. The SMILES string of the molecule is Cc1ncnc(CC2CCC(Oc3cc(N4CCOCC4)cc4nccnc34)CC2)c1F. The van der Waals surface area contributed by atoms with Crippen LogP contribution in [0.3, 0.4) is 0 Å². The zero-order chi connectivity index (χ0) is 21.9. The van der Waals surface area contributed by atoms with Crippen molar-refractivity contribution in [2.75, 3.05) is 31.2 Å². The highest BCUT2D eigenvalue weighted by molar-refractivity contribution is 5.85. The van der Waals surface area contributed by atoms with Gasteiger partial charge in [0.25, 0.3) is 0 Å². The summed E-state index contributed by atoms with van der Waals surface area (Å²) in [6.07, 6.45) is 9.49. The maximum absolute atomic E-state index is 14.3. The van der Waals surface area contributed by atoms with Crippen LogP contribution in [0.1, 0.15) is 37.1 Å². The van der Waals surface area contributed by atoms with Crippen LogP contribution in [0.25, 0.3) is 11.0 Å². The number of ether oxygens (including phenoxy) is 2. The second kappa shape index (κ2) is 9.32. The fourth-order valence-corrected chi connectivity index (χ4v) is 4.68. The summed E-state index contributed by atoms with van der Waals surface area (Å²) in [4.78, 5) is 19.4. The second-order valence-corrected chi connectivity index (χ2v) is 8.65. The summed E-state index contributed by atoms with van der Waals surface area (Å²) in [6, 6.07) is 4.17. The van der Waals surface area contributed by atoms with Gasteiger partial charge < -0.3 is 14.4 Å². The lowest BCUT2D eigenvalue weighted by Crippen LogP contribution is -2.36. The maximum atomic E-state index is 14.3. The third kappa shape index (κ3) is 4.50. The van der Waals surface area contributed by atoms with Crippen LogP contribution < -0.4 is 9.64 Å². The molecule has 0 radical (unpaired) electrons. The van der Waals surface area contributed by atoms with E-state index in [1.54, 1.807) is 19.3 Å². The topological polar surface area (TPSA) is 73.3 Å². The van der Waals surface area contributed by atoms with Gasteiger partial charge >= 0.3 is 0 Å². The number of fused-ring (bicyclic) bond motifs is 1.